The number of aromatic nitrogens is 1. The molecule has 0 N–H and O–H groups in total. The monoisotopic (exact) mass is 311 g/mol. The summed E-state index contributed by atoms with van der Waals surface area (Å²) in [6, 6.07) is 18.2. The first-order valence-corrected chi connectivity index (χ1v) is 7.72. The van der Waals surface area contributed by atoms with Gasteiger partial charge in [0.05, 0.1) is 12.6 Å². The van der Waals surface area contributed by atoms with Crippen molar-refractivity contribution in [3.8, 4) is 5.75 Å². The molecule has 2 aromatic carbocycles. The molecule has 0 saturated heterocycles. The highest BCUT2D eigenvalue weighted by Crippen LogP contribution is 2.25. The fourth-order valence-corrected chi connectivity index (χ4v) is 2.79. The van der Waals surface area contributed by atoms with Crippen molar-refractivity contribution in [2.75, 3.05) is 7.11 Å². The van der Waals surface area contributed by atoms with Gasteiger partial charge >= 0.3 is 0 Å². The lowest BCUT2D eigenvalue weighted by atomic mass is 9.95. The van der Waals surface area contributed by atoms with Gasteiger partial charge in [-0.2, -0.15) is 0 Å². The fourth-order valence-electron chi connectivity index (χ4n) is 2.63. The molecule has 0 radical (unpaired) electrons. The Kier molecular flexibility index (Phi) is 4.30. The van der Waals surface area contributed by atoms with Gasteiger partial charge in [-0.15, -0.1) is 0 Å². The summed E-state index contributed by atoms with van der Waals surface area (Å²) in [4.78, 5) is 4.73. The van der Waals surface area contributed by atoms with Crippen LogP contribution in [-0.2, 0) is 6.42 Å². The van der Waals surface area contributed by atoms with Crippen molar-refractivity contribution >= 4 is 22.5 Å². The molecular formula is C19H18ClNO. The molecule has 0 aliphatic heterocycles. The molecule has 0 amide bonds. The number of benzene rings is 2. The van der Waals surface area contributed by atoms with E-state index in [0.717, 1.165) is 33.8 Å². The third kappa shape index (κ3) is 3.23. The number of nitrogens with zero attached hydrogens (tertiary/aromatic N) is 1. The lowest BCUT2D eigenvalue weighted by molar-refractivity contribution is 0.414. The molecule has 1 heterocycles. The van der Waals surface area contributed by atoms with E-state index < -0.39 is 0 Å². The highest BCUT2D eigenvalue weighted by atomic mass is 35.5. The first kappa shape index (κ1) is 14.9. The third-order valence-corrected chi connectivity index (χ3v) is 4.13. The van der Waals surface area contributed by atoms with E-state index in [-0.39, 0.29) is 0 Å². The Labute approximate surface area is 135 Å². The average molecular weight is 312 g/mol. The molecule has 0 aliphatic carbocycles. The van der Waals surface area contributed by atoms with Gasteiger partial charge in [-0.3, -0.25) is 4.98 Å². The summed E-state index contributed by atoms with van der Waals surface area (Å²) < 4.78 is 5.30. The Bertz CT molecular complexity index is 800. The average Bonchev–Trinajstić information content (AvgIpc) is 2.54. The Balaban J connectivity index is 1.85. The molecule has 1 unspecified atom stereocenters. The summed E-state index contributed by atoms with van der Waals surface area (Å²) in [5.74, 6) is 1.27. The van der Waals surface area contributed by atoms with E-state index in [0.29, 0.717) is 5.92 Å². The fraction of sp³-hybridized carbons (Fsp3) is 0.211. The largest absolute Gasteiger partial charge is 0.497 e. The predicted octanol–water partition coefficient (Wildman–Crippen LogP) is 5.24. The van der Waals surface area contributed by atoms with Crippen molar-refractivity contribution in [2.24, 2.45) is 0 Å². The van der Waals surface area contributed by atoms with Gasteiger partial charge in [-0.1, -0.05) is 42.8 Å². The molecule has 2 nitrogen and oxygen atoms in total. The van der Waals surface area contributed by atoms with Crippen molar-refractivity contribution in [3.05, 3.63) is 70.9 Å². The van der Waals surface area contributed by atoms with Crippen LogP contribution in [0.5, 0.6) is 5.75 Å². The number of pyridine rings is 1. The van der Waals surface area contributed by atoms with Crippen LogP contribution in [-0.4, -0.2) is 12.1 Å². The second-order valence-corrected chi connectivity index (χ2v) is 5.96. The molecule has 1 atom stereocenters. The van der Waals surface area contributed by atoms with Crippen LogP contribution >= 0.6 is 11.6 Å². The summed E-state index contributed by atoms with van der Waals surface area (Å²) in [6.45, 7) is 2.21. The molecule has 3 aromatic rings. The highest BCUT2D eigenvalue weighted by Gasteiger charge is 2.09. The minimum atomic E-state index is 0.374. The van der Waals surface area contributed by atoms with E-state index in [9.17, 15) is 0 Å². The molecule has 0 bridgehead atoms. The van der Waals surface area contributed by atoms with Crippen LogP contribution in [0.3, 0.4) is 0 Å². The summed E-state index contributed by atoms with van der Waals surface area (Å²) in [5, 5.41) is 1.83. The van der Waals surface area contributed by atoms with Gasteiger partial charge in [0.15, 0.2) is 0 Å². The lowest BCUT2D eigenvalue weighted by Crippen LogP contribution is -2.01. The molecule has 0 fully saturated rings. The summed E-state index contributed by atoms with van der Waals surface area (Å²) in [5.41, 5.74) is 3.28. The molecule has 3 rings (SSSR count). The van der Waals surface area contributed by atoms with Gasteiger partial charge in [-0.25, -0.2) is 0 Å². The van der Waals surface area contributed by atoms with Crippen LogP contribution in [0.1, 0.15) is 24.1 Å². The number of hydrogen-bond donors (Lipinski definition) is 0. The predicted molar refractivity (Wildman–Crippen MR) is 91.9 cm³/mol. The van der Waals surface area contributed by atoms with Crippen molar-refractivity contribution in [1.29, 1.82) is 0 Å². The smallest absolute Gasteiger partial charge is 0.119 e. The minimum absolute atomic E-state index is 0.374. The first-order chi connectivity index (χ1) is 10.7. The van der Waals surface area contributed by atoms with E-state index in [1.54, 1.807) is 7.11 Å². The van der Waals surface area contributed by atoms with Gasteiger partial charge in [-0.05, 0) is 48.2 Å². The maximum absolute atomic E-state index is 6.05. The topological polar surface area (TPSA) is 22.1 Å². The normalized spacial score (nSPS) is 12.3. The van der Waals surface area contributed by atoms with Crippen molar-refractivity contribution in [1.82, 2.24) is 4.98 Å². The Hall–Kier alpha value is -2.06. The van der Waals surface area contributed by atoms with Gasteiger partial charge in [0.1, 0.15) is 5.75 Å². The van der Waals surface area contributed by atoms with E-state index >= 15 is 0 Å². The first-order valence-electron chi connectivity index (χ1n) is 7.35. The molecule has 0 aliphatic rings. The van der Waals surface area contributed by atoms with Crippen LogP contribution in [0.2, 0.25) is 5.02 Å². The van der Waals surface area contributed by atoms with Crippen molar-refractivity contribution in [2.45, 2.75) is 19.3 Å². The lowest BCUT2D eigenvalue weighted by Gasteiger charge is -2.13. The quantitative estimate of drug-likeness (QED) is 0.657. The SMILES string of the molecule is COc1cccc(C(C)Cc2ccc3ccc(Cl)cc3n2)c1. The summed E-state index contributed by atoms with van der Waals surface area (Å²) in [6.07, 6.45) is 0.885. The second-order valence-electron chi connectivity index (χ2n) is 5.52. The Morgan fingerprint density at radius 3 is 2.73 bits per heavy atom. The number of rotatable bonds is 4. The van der Waals surface area contributed by atoms with Crippen LogP contribution in [0, 0.1) is 0 Å². The van der Waals surface area contributed by atoms with Crippen LogP contribution in [0.15, 0.2) is 54.6 Å². The molecule has 3 heteroatoms. The van der Waals surface area contributed by atoms with Crippen LogP contribution in [0.25, 0.3) is 10.9 Å². The standard InChI is InChI=1S/C19H18ClNO/c1-13(15-4-3-5-18(11-15)22-2)10-17-9-7-14-6-8-16(20)12-19(14)21-17/h3-9,11-13H,10H2,1-2H3. The number of ether oxygens (including phenoxy) is 1. The molecule has 1 aromatic heterocycles. The van der Waals surface area contributed by atoms with Gasteiger partial charge in [0.25, 0.3) is 0 Å². The maximum atomic E-state index is 6.05. The highest BCUT2D eigenvalue weighted by molar-refractivity contribution is 6.31. The van der Waals surface area contributed by atoms with E-state index in [2.05, 4.69) is 31.2 Å². The molecule has 112 valence electrons. The Morgan fingerprint density at radius 2 is 1.91 bits per heavy atom. The molecule has 22 heavy (non-hydrogen) atoms. The van der Waals surface area contributed by atoms with E-state index in [1.807, 2.05) is 30.3 Å². The summed E-state index contributed by atoms with van der Waals surface area (Å²) >= 11 is 6.05. The molecular weight excluding hydrogens is 294 g/mol. The number of halogens is 1. The Morgan fingerprint density at radius 1 is 1.09 bits per heavy atom. The van der Waals surface area contributed by atoms with Crippen LogP contribution in [0.4, 0.5) is 0 Å². The van der Waals surface area contributed by atoms with Gasteiger partial charge in [0, 0.05) is 16.1 Å². The maximum Gasteiger partial charge on any atom is 0.119 e. The second kappa shape index (κ2) is 6.37. The van der Waals surface area contributed by atoms with Gasteiger partial charge in [0.2, 0.25) is 0 Å². The van der Waals surface area contributed by atoms with Crippen LogP contribution < -0.4 is 4.74 Å². The zero-order valence-corrected chi connectivity index (χ0v) is 13.5. The van der Waals surface area contributed by atoms with E-state index in [4.69, 9.17) is 21.3 Å². The summed E-state index contributed by atoms with van der Waals surface area (Å²) in [7, 11) is 1.69. The third-order valence-electron chi connectivity index (χ3n) is 3.89. The van der Waals surface area contributed by atoms with Crippen molar-refractivity contribution < 1.29 is 4.74 Å². The number of hydrogen-bond acceptors (Lipinski definition) is 2. The van der Waals surface area contributed by atoms with Crippen molar-refractivity contribution in [3.63, 3.8) is 0 Å². The number of fused-ring (bicyclic) bond motifs is 1. The minimum Gasteiger partial charge on any atom is -0.497 e. The molecule has 0 saturated carbocycles. The number of methoxy groups -OCH3 is 1. The van der Waals surface area contributed by atoms with E-state index in [1.165, 1.54) is 5.56 Å². The molecule has 0 spiro atoms. The van der Waals surface area contributed by atoms with Gasteiger partial charge < -0.3 is 4.74 Å². The zero-order chi connectivity index (χ0) is 15.5. The zero-order valence-electron chi connectivity index (χ0n) is 12.7.